The lowest BCUT2D eigenvalue weighted by molar-refractivity contribution is 0.0531. The number of fused-ring (bicyclic) bond motifs is 1. The van der Waals surface area contributed by atoms with Gasteiger partial charge in [0.2, 0.25) is 0 Å². The second-order valence-electron chi connectivity index (χ2n) is 6.68. The van der Waals surface area contributed by atoms with Crippen molar-refractivity contribution >= 4 is 50.8 Å². The largest absolute Gasteiger partial charge is 0.462 e. The van der Waals surface area contributed by atoms with Crippen molar-refractivity contribution in [3.05, 3.63) is 76.7 Å². The van der Waals surface area contributed by atoms with Gasteiger partial charge in [-0.25, -0.2) is 19.2 Å². The first kappa shape index (κ1) is 21.3. The van der Waals surface area contributed by atoms with Crippen LogP contribution in [0.2, 0.25) is 0 Å². The van der Waals surface area contributed by atoms with Gasteiger partial charge in [-0.05, 0) is 55.8 Å². The molecule has 0 unspecified atom stereocenters. The summed E-state index contributed by atoms with van der Waals surface area (Å²) in [5, 5.41) is 4.03. The third kappa shape index (κ3) is 4.86. The zero-order valence-electron chi connectivity index (χ0n) is 17.0. The van der Waals surface area contributed by atoms with Crippen LogP contribution < -0.4 is 5.32 Å². The van der Waals surface area contributed by atoms with Crippen molar-refractivity contribution in [1.82, 2.24) is 9.97 Å². The number of aryl methyl sites for hydroxylation is 1. The maximum Gasteiger partial charge on any atom is 0.348 e. The van der Waals surface area contributed by atoms with Gasteiger partial charge in [-0.15, -0.1) is 23.1 Å². The van der Waals surface area contributed by atoms with Gasteiger partial charge in [0.15, 0.2) is 0 Å². The van der Waals surface area contributed by atoms with E-state index in [9.17, 15) is 9.18 Å². The molecule has 0 saturated heterocycles. The molecule has 4 rings (SSSR count). The Bertz CT molecular complexity index is 1210. The molecule has 31 heavy (non-hydrogen) atoms. The van der Waals surface area contributed by atoms with E-state index >= 15 is 0 Å². The lowest BCUT2D eigenvalue weighted by Crippen LogP contribution is -2.04. The van der Waals surface area contributed by atoms with Gasteiger partial charge in [-0.3, -0.25) is 0 Å². The highest BCUT2D eigenvalue weighted by Crippen LogP contribution is 2.36. The van der Waals surface area contributed by atoms with Gasteiger partial charge < -0.3 is 10.1 Å². The smallest absolute Gasteiger partial charge is 0.348 e. The van der Waals surface area contributed by atoms with E-state index in [1.54, 1.807) is 30.8 Å². The molecule has 4 aromatic rings. The van der Waals surface area contributed by atoms with Gasteiger partial charge in [0.25, 0.3) is 0 Å². The Labute approximate surface area is 187 Å². The Kier molecular flexibility index (Phi) is 6.48. The Balaban J connectivity index is 1.74. The molecule has 0 aliphatic carbocycles. The molecule has 2 aromatic heterocycles. The third-order valence-electron chi connectivity index (χ3n) is 4.52. The number of thioether (sulfide) groups is 1. The van der Waals surface area contributed by atoms with Crippen LogP contribution in [-0.4, -0.2) is 22.5 Å². The molecule has 0 bridgehead atoms. The predicted molar refractivity (Wildman–Crippen MR) is 124 cm³/mol. The Morgan fingerprint density at radius 2 is 1.87 bits per heavy atom. The number of anilines is 2. The van der Waals surface area contributed by atoms with Crippen LogP contribution >= 0.6 is 23.1 Å². The van der Waals surface area contributed by atoms with E-state index in [1.165, 1.54) is 23.5 Å². The van der Waals surface area contributed by atoms with Crippen LogP contribution in [-0.2, 0) is 10.5 Å². The van der Waals surface area contributed by atoms with E-state index in [0.717, 1.165) is 15.8 Å². The molecule has 0 radical (unpaired) electrons. The summed E-state index contributed by atoms with van der Waals surface area (Å²) in [7, 11) is 0. The summed E-state index contributed by atoms with van der Waals surface area (Å²) in [6.45, 7) is 3.95. The summed E-state index contributed by atoms with van der Waals surface area (Å²) >= 11 is 2.94. The number of halogens is 1. The maximum atomic E-state index is 13.3. The van der Waals surface area contributed by atoms with Crippen molar-refractivity contribution in [3.8, 4) is 0 Å². The highest BCUT2D eigenvalue weighted by molar-refractivity contribution is 7.98. The SMILES string of the molecule is CCOC(=O)c1sc2nc(CSc3ccccc3)nc(Nc3ccc(F)cc3)c2c1C. The number of rotatable bonds is 7. The summed E-state index contributed by atoms with van der Waals surface area (Å²) in [5.74, 6) is 1.13. The molecule has 2 aromatic carbocycles. The molecule has 0 aliphatic rings. The summed E-state index contributed by atoms with van der Waals surface area (Å²) in [6, 6.07) is 16.1. The van der Waals surface area contributed by atoms with E-state index in [4.69, 9.17) is 14.7 Å². The lowest BCUT2D eigenvalue weighted by Gasteiger charge is -2.10. The highest BCUT2D eigenvalue weighted by Gasteiger charge is 2.21. The highest BCUT2D eigenvalue weighted by atomic mass is 32.2. The second kappa shape index (κ2) is 9.45. The Hall–Kier alpha value is -2.97. The van der Waals surface area contributed by atoms with E-state index in [0.29, 0.717) is 39.4 Å². The van der Waals surface area contributed by atoms with Crippen LogP contribution in [0.3, 0.4) is 0 Å². The number of nitrogens with one attached hydrogen (secondary N) is 1. The fourth-order valence-corrected chi connectivity index (χ4v) is 4.93. The summed E-state index contributed by atoms with van der Waals surface area (Å²) in [5.41, 5.74) is 1.47. The molecule has 158 valence electrons. The van der Waals surface area contributed by atoms with Crippen molar-refractivity contribution < 1.29 is 13.9 Å². The standard InChI is InChI=1S/C23H20FN3O2S2/c1-3-29-23(28)20-14(2)19-21(25-16-11-9-15(24)10-12-16)26-18(27-22(19)31-20)13-30-17-7-5-4-6-8-17/h4-12H,3,13H2,1-2H3,(H,25,26,27). The number of carbonyl (C=O) groups excluding carboxylic acids is 1. The fraction of sp³-hybridized carbons (Fsp3) is 0.174. The van der Waals surface area contributed by atoms with Crippen LogP contribution in [0.5, 0.6) is 0 Å². The molecular weight excluding hydrogens is 433 g/mol. The number of esters is 1. The predicted octanol–water partition coefficient (Wildman–Crippen LogP) is 6.35. The summed E-state index contributed by atoms with van der Waals surface area (Å²) in [4.78, 5) is 24.2. The van der Waals surface area contributed by atoms with Crippen molar-refractivity contribution in [1.29, 1.82) is 0 Å². The van der Waals surface area contributed by atoms with Crippen LogP contribution in [0.4, 0.5) is 15.9 Å². The van der Waals surface area contributed by atoms with E-state index in [1.807, 2.05) is 37.3 Å². The molecule has 0 fully saturated rings. The van der Waals surface area contributed by atoms with Crippen molar-refractivity contribution in [2.75, 3.05) is 11.9 Å². The lowest BCUT2D eigenvalue weighted by atomic mass is 10.2. The monoisotopic (exact) mass is 453 g/mol. The van der Waals surface area contributed by atoms with Gasteiger partial charge in [-0.2, -0.15) is 0 Å². The van der Waals surface area contributed by atoms with Crippen LogP contribution in [0.15, 0.2) is 59.5 Å². The molecular formula is C23H20FN3O2S2. The molecule has 0 amide bonds. The number of thiophene rings is 1. The normalized spacial score (nSPS) is 10.9. The van der Waals surface area contributed by atoms with E-state index in [2.05, 4.69) is 5.32 Å². The molecule has 2 heterocycles. The zero-order chi connectivity index (χ0) is 21.8. The number of ether oxygens (including phenoxy) is 1. The molecule has 0 aliphatic heterocycles. The first-order valence-electron chi connectivity index (χ1n) is 9.72. The van der Waals surface area contributed by atoms with Gasteiger partial charge in [0.05, 0.1) is 17.7 Å². The Morgan fingerprint density at radius 1 is 1.13 bits per heavy atom. The van der Waals surface area contributed by atoms with Crippen molar-refractivity contribution in [2.45, 2.75) is 24.5 Å². The molecule has 0 saturated carbocycles. The number of nitrogens with zero attached hydrogens (tertiary/aromatic N) is 2. The number of hydrogen-bond acceptors (Lipinski definition) is 7. The van der Waals surface area contributed by atoms with Gasteiger partial charge in [0.1, 0.15) is 27.2 Å². The molecule has 8 heteroatoms. The molecule has 0 atom stereocenters. The first-order valence-corrected chi connectivity index (χ1v) is 11.5. The quantitative estimate of drug-likeness (QED) is 0.260. The van der Waals surface area contributed by atoms with Gasteiger partial charge >= 0.3 is 5.97 Å². The van der Waals surface area contributed by atoms with Gasteiger partial charge in [0, 0.05) is 10.6 Å². The minimum Gasteiger partial charge on any atom is -0.462 e. The zero-order valence-corrected chi connectivity index (χ0v) is 18.6. The topological polar surface area (TPSA) is 64.1 Å². The number of aromatic nitrogens is 2. The minimum atomic E-state index is -0.365. The molecule has 5 nitrogen and oxygen atoms in total. The maximum absolute atomic E-state index is 13.3. The average molecular weight is 454 g/mol. The molecule has 1 N–H and O–H groups in total. The molecule has 0 spiro atoms. The van der Waals surface area contributed by atoms with Crippen molar-refractivity contribution in [2.24, 2.45) is 0 Å². The van der Waals surface area contributed by atoms with E-state index in [-0.39, 0.29) is 11.8 Å². The summed E-state index contributed by atoms with van der Waals surface area (Å²) < 4.78 is 18.5. The first-order chi connectivity index (χ1) is 15.0. The second-order valence-corrected chi connectivity index (χ2v) is 8.73. The van der Waals surface area contributed by atoms with E-state index < -0.39 is 0 Å². The number of benzene rings is 2. The minimum absolute atomic E-state index is 0.303. The fourth-order valence-electron chi connectivity index (χ4n) is 3.06. The summed E-state index contributed by atoms with van der Waals surface area (Å²) in [6.07, 6.45) is 0. The van der Waals surface area contributed by atoms with Crippen molar-refractivity contribution in [3.63, 3.8) is 0 Å². The number of carbonyl (C=O) groups is 1. The average Bonchev–Trinajstić information content (AvgIpc) is 3.11. The number of hydrogen-bond donors (Lipinski definition) is 1. The van der Waals surface area contributed by atoms with Gasteiger partial charge in [-0.1, -0.05) is 18.2 Å². The van der Waals surface area contributed by atoms with Crippen LogP contribution in [0.25, 0.3) is 10.2 Å². The van der Waals surface area contributed by atoms with Crippen LogP contribution in [0.1, 0.15) is 28.0 Å². The Morgan fingerprint density at radius 3 is 2.58 bits per heavy atom. The van der Waals surface area contributed by atoms with Crippen LogP contribution in [0, 0.1) is 12.7 Å². The third-order valence-corrected chi connectivity index (χ3v) is 6.69.